The summed E-state index contributed by atoms with van der Waals surface area (Å²) >= 11 is 0. The quantitative estimate of drug-likeness (QED) is 0.426. The van der Waals surface area contributed by atoms with E-state index in [1.165, 1.54) is 64.2 Å². The molecule has 0 nitrogen and oxygen atoms in total. The summed E-state index contributed by atoms with van der Waals surface area (Å²) in [5.74, 6) is 3.79. The van der Waals surface area contributed by atoms with Gasteiger partial charge in [-0.3, -0.25) is 0 Å². The van der Waals surface area contributed by atoms with E-state index in [-0.39, 0.29) is 0 Å². The normalized spacial score (nSPS) is 31.3. The fourth-order valence-electron chi connectivity index (χ4n) is 4.15. The van der Waals surface area contributed by atoms with E-state index in [9.17, 15) is 0 Å². The molecule has 2 unspecified atom stereocenters. The lowest BCUT2D eigenvalue weighted by molar-refractivity contribution is 0.266. The predicted molar refractivity (Wildman–Crippen MR) is 80.6 cm³/mol. The van der Waals surface area contributed by atoms with Crippen LogP contribution in [0, 0.1) is 23.7 Å². The molecule has 0 N–H and O–H groups in total. The molecule has 0 aromatic heterocycles. The zero-order valence-corrected chi connectivity index (χ0v) is 12.5. The smallest absolute Gasteiger partial charge is 0.0203 e. The maximum absolute atomic E-state index is 2.59. The highest BCUT2D eigenvalue weighted by Gasteiger charge is 2.25. The van der Waals surface area contributed by atoms with Crippen molar-refractivity contribution in [1.29, 1.82) is 0 Å². The first kappa shape index (κ1) is 14.2. The van der Waals surface area contributed by atoms with Crippen LogP contribution in [0.4, 0.5) is 0 Å². The summed E-state index contributed by atoms with van der Waals surface area (Å²) in [6, 6.07) is 0. The van der Waals surface area contributed by atoms with E-state index in [1.807, 2.05) is 0 Å². The molecule has 104 valence electrons. The summed E-state index contributed by atoms with van der Waals surface area (Å²) in [7, 11) is 0. The summed E-state index contributed by atoms with van der Waals surface area (Å²) < 4.78 is 0. The molecule has 1 fully saturated rings. The minimum absolute atomic E-state index is 0.878. The number of hydrogen-bond donors (Lipinski definition) is 0. The number of rotatable bonds is 3. The molecule has 0 heterocycles. The number of hydrogen-bond acceptors (Lipinski definition) is 0. The zero-order chi connectivity index (χ0) is 12.8. The van der Waals surface area contributed by atoms with Crippen molar-refractivity contribution in [3.8, 4) is 0 Å². The van der Waals surface area contributed by atoms with Crippen molar-refractivity contribution in [2.24, 2.45) is 23.7 Å². The third-order valence-electron chi connectivity index (χ3n) is 5.04. The highest BCUT2D eigenvalue weighted by atomic mass is 14.3. The summed E-state index contributed by atoms with van der Waals surface area (Å²) in [6.45, 7) is 4.78. The molecule has 0 amide bonds. The van der Waals surface area contributed by atoms with Gasteiger partial charge in [0.25, 0.3) is 0 Å². The maximum atomic E-state index is 2.59. The van der Waals surface area contributed by atoms with Gasteiger partial charge in [0.05, 0.1) is 0 Å². The summed E-state index contributed by atoms with van der Waals surface area (Å²) in [6.07, 6.45) is 19.8. The second-order valence-corrected chi connectivity index (χ2v) is 7.15. The minimum Gasteiger partial charge on any atom is -0.0882 e. The van der Waals surface area contributed by atoms with Gasteiger partial charge in [-0.2, -0.15) is 0 Å². The van der Waals surface area contributed by atoms with Crippen LogP contribution in [0.3, 0.4) is 0 Å². The number of allylic oxidation sites excluding steroid dienone is 2. The van der Waals surface area contributed by atoms with E-state index >= 15 is 0 Å². The Bertz CT molecular complexity index is 243. The van der Waals surface area contributed by atoms with E-state index in [4.69, 9.17) is 0 Å². The van der Waals surface area contributed by atoms with E-state index < -0.39 is 0 Å². The standard InChI is InChI=1S/C18H32/c1-15(2)13-16-9-7-8-12-18(14-16)17-10-5-3-4-6-11-17/h8,12,15-18H,3-7,9-11,13-14H2,1-2H3. The first-order chi connectivity index (χ1) is 8.75. The molecular formula is C18H32. The maximum Gasteiger partial charge on any atom is -0.0203 e. The van der Waals surface area contributed by atoms with Gasteiger partial charge in [0, 0.05) is 0 Å². The van der Waals surface area contributed by atoms with Gasteiger partial charge < -0.3 is 0 Å². The molecule has 2 rings (SSSR count). The molecular weight excluding hydrogens is 216 g/mol. The van der Waals surface area contributed by atoms with Gasteiger partial charge in [0.1, 0.15) is 0 Å². The van der Waals surface area contributed by atoms with Gasteiger partial charge in [-0.1, -0.05) is 51.7 Å². The van der Waals surface area contributed by atoms with Crippen molar-refractivity contribution < 1.29 is 0 Å². The predicted octanol–water partition coefficient (Wildman–Crippen LogP) is 5.98. The van der Waals surface area contributed by atoms with Crippen LogP contribution >= 0.6 is 0 Å². The molecule has 2 aliphatic carbocycles. The molecule has 2 atom stereocenters. The Hall–Kier alpha value is -0.260. The van der Waals surface area contributed by atoms with Gasteiger partial charge >= 0.3 is 0 Å². The van der Waals surface area contributed by atoms with Crippen molar-refractivity contribution in [1.82, 2.24) is 0 Å². The van der Waals surface area contributed by atoms with Gasteiger partial charge in [-0.15, -0.1) is 0 Å². The van der Waals surface area contributed by atoms with Crippen LogP contribution in [0.15, 0.2) is 12.2 Å². The Balaban J connectivity index is 1.92. The SMILES string of the molecule is CC(C)CC1CCC=CC(C2CCCCCC2)C1. The molecule has 0 aromatic rings. The molecule has 1 saturated carbocycles. The fraction of sp³-hybridized carbons (Fsp3) is 0.889. The topological polar surface area (TPSA) is 0 Å². The fourth-order valence-corrected chi connectivity index (χ4v) is 4.15. The van der Waals surface area contributed by atoms with Gasteiger partial charge in [0.2, 0.25) is 0 Å². The van der Waals surface area contributed by atoms with Crippen molar-refractivity contribution in [2.45, 2.75) is 78.1 Å². The van der Waals surface area contributed by atoms with Crippen molar-refractivity contribution in [2.75, 3.05) is 0 Å². The first-order valence-electron chi connectivity index (χ1n) is 8.42. The Morgan fingerprint density at radius 3 is 2.39 bits per heavy atom. The Morgan fingerprint density at radius 2 is 1.72 bits per heavy atom. The van der Waals surface area contributed by atoms with E-state index in [1.54, 1.807) is 0 Å². The molecule has 0 radical (unpaired) electrons. The van der Waals surface area contributed by atoms with Crippen LogP contribution in [-0.2, 0) is 0 Å². The van der Waals surface area contributed by atoms with Crippen molar-refractivity contribution in [3.63, 3.8) is 0 Å². The second-order valence-electron chi connectivity index (χ2n) is 7.15. The van der Waals surface area contributed by atoms with Gasteiger partial charge in [-0.25, -0.2) is 0 Å². The average molecular weight is 248 g/mol. The highest BCUT2D eigenvalue weighted by Crippen LogP contribution is 2.37. The van der Waals surface area contributed by atoms with E-state index in [0.29, 0.717) is 0 Å². The van der Waals surface area contributed by atoms with Gasteiger partial charge in [-0.05, 0) is 62.2 Å². The summed E-state index contributed by atoms with van der Waals surface area (Å²) in [4.78, 5) is 0. The molecule has 0 aliphatic heterocycles. The third kappa shape index (κ3) is 4.44. The largest absolute Gasteiger partial charge is 0.0882 e. The molecule has 0 saturated heterocycles. The van der Waals surface area contributed by atoms with Crippen LogP contribution in [0.5, 0.6) is 0 Å². The summed E-state index contributed by atoms with van der Waals surface area (Å²) in [5.41, 5.74) is 0. The minimum atomic E-state index is 0.878. The van der Waals surface area contributed by atoms with E-state index in [2.05, 4.69) is 26.0 Å². The zero-order valence-electron chi connectivity index (χ0n) is 12.5. The molecule has 2 aliphatic rings. The van der Waals surface area contributed by atoms with Crippen LogP contribution in [0.1, 0.15) is 78.1 Å². The lowest BCUT2D eigenvalue weighted by Gasteiger charge is -2.27. The Labute approximate surface area is 114 Å². The van der Waals surface area contributed by atoms with Gasteiger partial charge in [0.15, 0.2) is 0 Å². The van der Waals surface area contributed by atoms with Crippen molar-refractivity contribution in [3.05, 3.63) is 12.2 Å². The average Bonchev–Trinajstić information content (AvgIpc) is 2.70. The Kier molecular flexibility index (Phi) is 5.79. The molecule has 18 heavy (non-hydrogen) atoms. The first-order valence-corrected chi connectivity index (χ1v) is 8.42. The lowest BCUT2D eigenvalue weighted by Crippen LogP contribution is -2.16. The van der Waals surface area contributed by atoms with Crippen LogP contribution < -0.4 is 0 Å². The molecule has 0 bridgehead atoms. The molecule has 0 heteroatoms. The van der Waals surface area contributed by atoms with E-state index in [0.717, 1.165) is 23.7 Å². The van der Waals surface area contributed by atoms with Crippen LogP contribution in [0.2, 0.25) is 0 Å². The second kappa shape index (κ2) is 7.36. The van der Waals surface area contributed by atoms with Crippen LogP contribution in [0.25, 0.3) is 0 Å². The van der Waals surface area contributed by atoms with Crippen molar-refractivity contribution >= 4 is 0 Å². The Morgan fingerprint density at radius 1 is 1.00 bits per heavy atom. The van der Waals surface area contributed by atoms with Crippen LogP contribution in [-0.4, -0.2) is 0 Å². The third-order valence-corrected chi connectivity index (χ3v) is 5.04. The highest BCUT2D eigenvalue weighted by molar-refractivity contribution is 4.96. The molecule has 0 aromatic carbocycles. The summed E-state index contributed by atoms with van der Waals surface area (Å²) in [5, 5.41) is 0. The molecule has 0 spiro atoms. The monoisotopic (exact) mass is 248 g/mol. The lowest BCUT2D eigenvalue weighted by atomic mass is 9.78.